The minimum absolute atomic E-state index is 0.121. The summed E-state index contributed by atoms with van der Waals surface area (Å²) in [6.45, 7) is 2.36. The summed E-state index contributed by atoms with van der Waals surface area (Å²) in [5, 5.41) is 0.121. The molecule has 0 fully saturated rings. The molecule has 0 amide bonds. The van der Waals surface area contributed by atoms with Gasteiger partial charge in [-0.1, -0.05) is 35.9 Å². The van der Waals surface area contributed by atoms with E-state index in [0.717, 1.165) is 16.9 Å². The van der Waals surface area contributed by atoms with E-state index in [1.54, 1.807) is 12.1 Å². The fourth-order valence-corrected chi connectivity index (χ4v) is 1.71. The Hall–Kier alpha value is -1.54. The largest absolute Gasteiger partial charge is 0.489 e. The molecule has 0 spiro atoms. The van der Waals surface area contributed by atoms with Crippen LogP contribution >= 0.6 is 11.6 Å². The first-order chi connectivity index (χ1) is 8.16. The van der Waals surface area contributed by atoms with Gasteiger partial charge in [0.05, 0.1) is 5.02 Å². The first-order valence-electron chi connectivity index (χ1n) is 5.29. The zero-order chi connectivity index (χ0) is 12.3. The summed E-state index contributed by atoms with van der Waals surface area (Å²) in [6, 6.07) is 12.3. The maximum Gasteiger partial charge on any atom is 0.141 e. The van der Waals surface area contributed by atoms with Crippen molar-refractivity contribution in [2.75, 3.05) is 0 Å². The van der Waals surface area contributed by atoms with Gasteiger partial charge in [-0.2, -0.15) is 0 Å². The molecule has 2 aromatic carbocycles. The molecule has 0 radical (unpaired) electrons. The zero-order valence-corrected chi connectivity index (χ0v) is 10.2. The third kappa shape index (κ3) is 2.98. The molecule has 0 saturated carbocycles. The topological polar surface area (TPSA) is 9.23 Å². The second-order valence-corrected chi connectivity index (χ2v) is 4.21. The minimum Gasteiger partial charge on any atom is -0.489 e. The van der Waals surface area contributed by atoms with Crippen molar-refractivity contribution in [3.8, 4) is 5.75 Å². The maximum atomic E-state index is 13.0. The normalized spacial score (nSPS) is 10.3. The van der Waals surface area contributed by atoms with Gasteiger partial charge in [-0.05, 0) is 36.2 Å². The van der Waals surface area contributed by atoms with Crippen LogP contribution < -0.4 is 4.74 Å². The summed E-state index contributed by atoms with van der Waals surface area (Å²) in [4.78, 5) is 0. The fraction of sp³-hybridized carbons (Fsp3) is 0.143. The highest BCUT2D eigenvalue weighted by Gasteiger charge is 2.02. The molecule has 3 heteroatoms. The highest BCUT2D eigenvalue weighted by Crippen LogP contribution is 2.20. The monoisotopic (exact) mass is 250 g/mol. The first-order valence-corrected chi connectivity index (χ1v) is 5.67. The Labute approximate surface area is 105 Å². The molecule has 0 aliphatic rings. The number of rotatable bonds is 3. The van der Waals surface area contributed by atoms with Crippen LogP contribution in [-0.4, -0.2) is 0 Å². The summed E-state index contributed by atoms with van der Waals surface area (Å²) in [5.41, 5.74) is 1.92. The van der Waals surface area contributed by atoms with E-state index in [4.69, 9.17) is 16.3 Å². The number of aryl methyl sites for hydroxylation is 1. The van der Waals surface area contributed by atoms with Crippen molar-refractivity contribution in [1.82, 2.24) is 0 Å². The van der Waals surface area contributed by atoms with Gasteiger partial charge in [0.15, 0.2) is 0 Å². The van der Waals surface area contributed by atoms with Crippen LogP contribution in [0.5, 0.6) is 5.75 Å². The van der Waals surface area contributed by atoms with Gasteiger partial charge in [-0.3, -0.25) is 0 Å². The molecule has 88 valence electrons. The van der Waals surface area contributed by atoms with Gasteiger partial charge in [0, 0.05) is 0 Å². The molecule has 2 aromatic rings. The third-order valence-corrected chi connectivity index (χ3v) is 2.76. The summed E-state index contributed by atoms with van der Waals surface area (Å²) >= 11 is 5.70. The van der Waals surface area contributed by atoms with Crippen LogP contribution in [-0.2, 0) is 6.61 Å². The molecule has 0 aliphatic carbocycles. The van der Waals surface area contributed by atoms with Crippen LogP contribution in [0.25, 0.3) is 0 Å². The Balaban J connectivity index is 2.08. The van der Waals surface area contributed by atoms with E-state index in [2.05, 4.69) is 0 Å². The Morgan fingerprint density at radius 1 is 1.18 bits per heavy atom. The molecular formula is C14H12ClFO. The Kier molecular flexibility index (Phi) is 3.64. The van der Waals surface area contributed by atoms with Gasteiger partial charge in [-0.15, -0.1) is 0 Å². The van der Waals surface area contributed by atoms with E-state index in [9.17, 15) is 4.39 Å². The van der Waals surface area contributed by atoms with Gasteiger partial charge >= 0.3 is 0 Å². The van der Waals surface area contributed by atoms with Crippen LogP contribution in [0.3, 0.4) is 0 Å². The zero-order valence-electron chi connectivity index (χ0n) is 9.41. The molecule has 0 saturated heterocycles. The molecule has 0 N–H and O–H groups in total. The smallest absolute Gasteiger partial charge is 0.141 e. The van der Waals surface area contributed by atoms with Gasteiger partial charge in [0.25, 0.3) is 0 Å². The van der Waals surface area contributed by atoms with Crippen LogP contribution in [0, 0.1) is 12.7 Å². The summed E-state index contributed by atoms with van der Waals surface area (Å²) < 4.78 is 18.6. The minimum atomic E-state index is -0.411. The number of halogens is 2. The van der Waals surface area contributed by atoms with E-state index in [0.29, 0.717) is 6.61 Å². The van der Waals surface area contributed by atoms with Crippen molar-refractivity contribution in [3.63, 3.8) is 0 Å². The predicted octanol–water partition coefficient (Wildman–Crippen LogP) is 4.37. The van der Waals surface area contributed by atoms with E-state index in [-0.39, 0.29) is 5.02 Å². The lowest BCUT2D eigenvalue weighted by Gasteiger charge is -2.09. The molecule has 17 heavy (non-hydrogen) atoms. The number of hydrogen-bond donors (Lipinski definition) is 0. The van der Waals surface area contributed by atoms with Crippen LogP contribution in [0.15, 0.2) is 42.5 Å². The van der Waals surface area contributed by atoms with Crippen molar-refractivity contribution in [1.29, 1.82) is 0 Å². The van der Waals surface area contributed by atoms with Gasteiger partial charge in [0.2, 0.25) is 0 Å². The molecular weight excluding hydrogens is 239 g/mol. The predicted molar refractivity (Wildman–Crippen MR) is 66.9 cm³/mol. The van der Waals surface area contributed by atoms with Gasteiger partial charge in [0.1, 0.15) is 18.2 Å². The van der Waals surface area contributed by atoms with Crippen LogP contribution in [0.4, 0.5) is 4.39 Å². The number of hydrogen-bond acceptors (Lipinski definition) is 1. The lowest BCUT2D eigenvalue weighted by atomic mass is 10.2. The number of ether oxygens (including phenoxy) is 1. The number of para-hydroxylation sites is 1. The van der Waals surface area contributed by atoms with E-state index >= 15 is 0 Å². The Morgan fingerprint density at radius 3 is 2.65 bits per heavy atom. The van der Waals surface area contributed by atoms with E-state index < -0.39 is 5.82 Å². The van der Waals surface area contributed by atoms with E-state index in [1.807, 2.05) is 31.2 Å². The molecule has 0 bridgehead atoms. The molecule has 0 heterocycles. The molecule has 0 aliphatic heterocycles. The van der Waals surface area contributed by atoms with Crippen molar-refractivity contribution in [2.24, 2.45) is 0 Å². The fourth-order valence-electron chi connectivity index (χ4n) is 1.51. The maximum absolute atomic E-state index is 13.0. The SMILES string of the molecule is Cc1ccccc1OCc1ccc(F)c(Cl)c1. The average molecular weight is 251 g/mol. The van der Waals surface area contributed by atoms with Gasteiger partial charge in [-0.25, -0.2) is 4.39 Å². The van der Waals surface area contributed by atoms with Crippen molar-refractivity contribution in [3.05, 3.63) is 64.4 Å². The Bertz CT molecular complexity index is 525. The average Bonchev–Trinajstić information content (AvgIpc) is 2.32. The molecule has 2 rings (SSSR count). The third-order valence-electron chi connectivity index (χ3n) is 2.47. The van der Waals surface area contributed by atoms with Gasteiger partial charge < -0.3 is 4.74 Å². The lowest BCUT2D eigenvalue weighted by molar-refractivity contribution is 0.304. The van der Waals surface area contributed by atoms with Crippen molar-refractivity contribution >= 4 is 11.6 Å². The quantitative estimate of drug-likeness (QED) is 0.786. The van der Waals surface area contributed by atoms with Crippen molar-refractivity contribution < 1.29 is 9.13 Å². The summed E-state index contributed by atoms with van der Waals surface area (Å²) in [7, 11) is 0. The summed E-state index contributed by atoms with van der Waals surface area (Å²) in [5.74, 6) is 0.416. The summed E-state index contributed by atoms with van der Waals surface area (Å²) in [6.07, 6.45) is 0. The van der Waals surface area contributed by atoms with Crippen LogP contribution in [0.1, 0.15) is 11.1 Å². The molecule has 0 atom stereocenters. The highest BCUT2D eigenvalue weighted by molar-refractivity contribution is 6.30. The van der Waals surface area contributed by atoms with E-state index in [1.165, 1.54) is 6.07 Å². The molecule has 1 nitrogen and oxygen atoms in total. The number of benzene rings is 2. The second-order valence-electron chi connectivity index (χ2n) is 3.80. The standard InChI is InChI=1S/C14H12ClFO/c1-10-4-2-3-5-14(10)17-9-11-6-7-13(16)12(15)8-11/h2-8H,9H2,1H3. The first kappa shape index (κ1) is 11.9. The van der Waals surface area contributed by atoms with Crippen molar-refractivity contribution in [2.45, 2.75) is 13.5 Å². The lowest BCUT2D eigenvalue weighted by Crippen LogP contribution is -1.97. The Morgan fingerprint density at radius 2 is 1.94 bits per heavy atom. The molecule has 0 unspecified atom stereocenters. The highest BCUT2D eigenvalue weighted by atomic mass is 35.5. The van der Waals surface area contributed by atoms with Crippen LogP contribution in [0.2, 0.25) is 5.02 Å². The second kappa shape index (κ2) is 5.19. The molecule has 0 aromatic heterocycles.